The van der Waals surface area contributed by atoms with Crippen LogP contribution in [0.2, 0.25) is 0 Å². The number of aromatic nitrogens is 3. The minimum Gasteiger partial charge on any atom is -0.481 e. The van der Waals surface area contributed by atoms with Crippen molar-refractivity contribution < 1.29 is 22.7 Å². The van der Waals surface area contributed by atoms with Gasteiger partial charge in [-0.3, -0.25) is 9.48 Å². The molecule has 0 unspecified atom stereocenters. The third-order valence-electron chi connectivity index (χ3n) is 3.56. The van der Waals surface area contributed by atoms with Gasteiger partial charge in [-0.1, -0.05) is 6.07 Å². The van der Waals surface area contributed by atoms with Crippen LogP contribution in [0.15, 0.2) is 41.3 Å². The Balaban J connectivity index is 1.61. The molecule has 2 aromatic heterocycles. The van der Waals surface area contributed by atoms with Gasteiger partial charge in [0, 0.05) is 32.4 Å². The lowest BCUT2D eigenvalue weighted by Gasteiger charge is -2.14. The Morgan fingerprint density at radius 3 is 2.92 bits per heavy atom. The predicted octanol–water partition coefficient (Wildman–Crippen LogP) is 2.54. The topological polar surface area (TPSA) is 73.4 Å². The number of oxazole rings is 1. The van der Waals surface area contributed by atoms with Gasteiger partial charge >= 0.3 is 0 Å². The van der Waals surface area contributed by atoms with Crippen LogP contribution in [0.1, 0.15) is 21.9 Å². The molecule has 1 aromatic carbocycles. The number of halogens is 2. The number of rotatable bonds is 6. The lowest BCUT2D eigenvalue weighted by Crippen LogP contribution is -2.26. The van der Waals surface area contributed by atoms with E-state index in [1.54, 1.807) is 31.2 Å². The first kappa shape index (κ1) is 17.6. The molecular weight excluding hydrogens is 346 g/mol. The first-order valence-electron chi connectivity index (χ1n) is 7.68. The zero-order valence-electron chi connectivity index (χ0n) is 14.1. The zero-order chi connectivity index (χ0) is 18.7. The van der Waals surface area contributed by atoms with Gasteiger partial charge in [-0.2, -0.15) is 9.49 Å². The lowest BCUT2D eigenvalue weighted by atomic mass is 10.3. The van der Waals surface area contributed by atoms with Crippen LogP contribution < -0.4 is 4.74 Å². The smallest absolute Gasteiger partial charge is 0.275 e. The van der Waals surface area contributed by atoms with E-state index in [1.807, 2.05) is 0 Å². The van der Waals surface area contributed by atoms with E-state index in [2.05, 4.69) is 10.1 Å². The summed E-state index contributed by atoms with van der Waals surface area (Å²) in [6.45, 7) is 0.125. The quantitative estimate of drug-likeness (QED) is 0.674. The van der Waals surface area contributed by atoms with Crippen LogP contribution >= 0.6 is 0 Å². The Morgan fingerprint density at radius 2 is 2.19 bits per heavy atom. The zero-order valence-corrected chi connectivity index (χ0v) is 14.1. The van der Waals surface area contributed by atoms with Crippen molar-refractivity contribution in [3.05, 3.63) is 65.6 Å². The van der Waals surface area contributed by atoms with Gasteiger partial charge in [0.15, 0.2) is 23.9 Å². The summed E-state index contributed by atoms with van der Waals surface area (Å²) in [4.78, 5) is 17.9. The largest absolute Gasteiger partial charge is 0.481 e. The third kappa shape index (κ3) is 3.88. The average Bonchev–Trinajstić information content (AvgIpc) is 3.24. The molecule has 0 saturated carbocycles. The highest BCUT2D eigenvalue weighted by Gasteiger charge is 2.18. The molecular formula is C17H16F2N4O3. The molecule has 1 amide bonds. The van der Waals surface area contributed by atoms with Gasteiger partial charge in [0.2, 0.25) is 11.7 Å². The lowest BCUT2D eigenvalue weighted by molar-refractivity contribution is 0.0779. The van der Waals surface area contributed by atoms with E-state index in [9.17, 15) is 13.6 Å². The highest BCUT2D eigenvalue weighted by Crippen LogP contribution is 2.20. The Hall–Kier alpha value is -3.23. The molecule has 3 aromatic rings. The molecule has 0 aliphatic rings. The average molecular weight is 362 g/mol. The maximum atomic E-state index is 13.5. The molecule has 0 aliphatic heterocycles. The minimum atomic E-state index is -1.09. The summed E-state index contributed by atoms with van der Waals surface area (Å²) in [7, 11) is 3.42. The molecule has 0 saturated heterocycles. The summed E-state index contributed by atoms with van der Waals surface area (Å²) in [6, 6.07) is 3.60. The van der Waals surface area contributed by atoms with E-state index in [-0.39, 0.29) is 29.8 Å². The van der Waals surface area contributed by atoms with E-state index in [1.165, 1.54) is 23.3 Å². The first-order valence-corrected chi connectivity index (χ1v) is 7.68. The Labute approximate surface area is 147 Å². The standard InChI is InChI=1S/C17H16F2N4O3/c1-22(7-11-6-20-23(2)8-11)17(24)13-9-26-15(21-13)10-25-14-5-3-4-12(18)16(14)19/h3-6,8-9H,7,10H2,1-2H3. The number of hydrogen-bond acceptors (Lipinski definition) is 5. The van der Waals surface area contributed by atoms with Crippen LogP contribution in [0.5, 0.6) is 5.75 Å². The van der Waals surface area contributed by atoms with E-state index >= 15 is 0 Å². The van der Waals surface area contributed by atoms with Gasteiger partial charge in [-0.25, -0.2) is 9.37 Å². The van der Waals surface area contributed by atoms with Gasteiger partial charge in [-0.15, -0.1) is 0 Å². The van der Waals surface area contributed by atoms with Crippen molar-refractivity contribution >= 4 is 5.91 Å². The van der Waals surface area contributed by atoms with Crippen molar-refractivity contribution in [3.63, 3.8) is 0 Å². The molecule has 0 radical (unpaired) electrons. The predicted molar refractivity (Wildman–Crippen MR) is 86.2 cm³/mol. The number of ether oxygens (including phenoxy) is 1. The van der Waals surface area contributed by atoms with E-state index in [0.717, 1.165) is 11.6 Å². The summed E-state index contributed by atoms with van der Waals surface area (Å²) in [6.07, 6.45) is 4.67. The van der Waals surface area contributed by atoms with E-state index in [4.69, 9.17) is 9.15 Å². The number of amides is 1. The number of benzene rings is 1. The highest BCUT2D eigenvalue weighted by molar-refractivity contribution is 5.91. The molecule has 7 nitrogen and oxygen atoms in total. The molecule has 9 heteroatoms. The van der Waals surface area contributed by atoms with E-state index in [0.29, 0.717) is 6.54 Å². The third-order valence-corrected chi connectivity index (χ3v) is 3.56. The van der Waals surface area contributed by atoms with Crippen LogP contribution in [0.4, 0.5) is 8.78 Å². The summed E-state index contributed by atoms with van der Waals surface area (Å²) < 4.78 is 38.6. The van der Waals surface area contributed by atoms with Crippen molar-refractivity contribution in [1.29, 1.82) is 0 Å². The Kier molecular flexibility index (Phi) is 4.97. The fourth-order valence-electron chi connectivity index (χ4n) is 2.31. The van der Waals surface area contributed by atoms with Gasteiger partial charge in [0.1, 0.15) is 6.26 Å². The summed E-state index contributed by atoms with van der Waals surface area (Å²) in [5.41, 5.74) is 0.965. The van der Waals surface area contributed by atoms with E-state index < -0.39 is 11.6 Å². The van der Waals surface area contributed by atoms with Gasteiger partial charge < -0.3 is 14.1 Å². The molecule has 0 N–H and O–H groups in total. The van der Waals surface area contributed by atoms with Crippen molar-refractivity contribution in [1.82, 2.24) is 19.7 Å². The highest BCUT2D eigenvalue weighted by atomic mass is 19.2. The summed E-state index contributed by atoms with van der Waals surface area (Å²) in [5, 5.41) is 4.04. The second-order valence-electron chi connectivity index (χ2n) is 5.65. The number of hydrogen-bond donors (Lipinski definition) is 0. The number of carbonyl (C=O) groups is 1. The second-order valence-corrected chi connectivity index (χ2v) is 5.65. The SMILES string of the molecule is CN(Cc1cnn(C)c1)C(=O)c1coc(COc2cccc(F)c2F)n1. The van der Waals surface area contributed by atoms with Gasteiger partial charge in [-0.05, 0) is 12.1 Å². The van der Waals surface area contributed by atoms with Gasteiger partial charge in [0.25, 0.3) is 5.91 Å². The van der Waals surface area contributed by atoms with Crippen LogP contribution in [-0.4, -0.2) is 32.6 Å². The minimum absolute atomic E-state index is 0.0757. The molecule has 0 fully saturated rings. The molecule has 0 aliphatic carbocycles. The van der Waals surface area contributed by atoms with Crippen LogP contribution in [0.3, 0.4) is 0 Å². The Bertz CT molecular complexity index is 922. The second kappa shape index (κ2) is 7.34. The van der Waals surface area contributed by atoms with Crippen LogP contribution in [0, 0.1) is 11.6 Å². The molecule has 2 heterocycles. The summed E-state index contributed by atoms with van der Waals surface area (Å²) in [5.74, 6) is -2.63. The monoisotopic (exact) mass is 362 g/mol. The maximum absolute atomic E-state index is 13.5. The van der Waals surface area contributed by atoms with Gasteiger partial charge in [0.05, 0.1) is 6.20 Å². The first-order chi connectivity index (χ1) is 12.4. The Morgan fingerprint density at radius 1 is 1.38 bits per heavy atom. The van der Waals surface area contributed by atoms with Crippen molar-refractivity contribution in [2.45, 2.75) is 13.2 Å². The number of carbonyl (C=O) groups excluding carboxylic acids is 1. The molecule has 136 valence electrons. The fraction of sp³-hybridized carbons (Fsp3) is 0.235. The molecule has 0 spiro atoms. The number of aryl methyl sites for hydroxylation is 1. The van der Waals surface area contributed by atoms with Crippen molar-refractivity contribution in [2.75, 3.05) is 7.05 Å². The maximum Gasteiger partial charge on any atom is 0.275 e. The normalized spacial score (nSPS) is 10.8. The molecule has 0 atom stereocenters. The van der Waals surface area contributed by atoms with Crippen LogP contribution in [0.25, 0.3) is 0 Å². The fourth-order valence-corrected chi connectivity index (χ4v) is 2.31. The molecule has 3 rings (SSSR count). The van der Waals surface area contributed by atoms with Crippen molar-refractivity contribution in [2.24, 2.45) is 7.05 Å². The number of nitrogens with zero attached hydrogens (tertiary/aromatic N) is 4. The van der Waals surface area contributed by atoms with Crippen LogP contribution in [-0.2, 0) is 20.2 Å². The summed E-state index contributed by atoms with van der Waals surface area (Å²) >= 11 is 0. The van der Waals surface area contributed by atoms with Crippen molar-refractivity contribution in [3.8, 4) is 5.75 Å². The molecule has 0 bridgehead atoms. The molecule has 26 heavy (non-hydrogen) atoms.